The van der Waals surface area contributed by atoms with Crippen LogP contribution < -0.4 is 15.6 Å². The van der Waals surface area contributed by atoms with Crippen molar-refractivity contribution in [3.63, 3.8) is 0 Å². The Morgan fingerprint density at radius 2 is 2.11 bits per heavy atom. The lowest BCUT2D eigenvalue weighted by atomic mass is 10.2. The van der Waals surface area contributed by atoms with E-state index in [1.807, 2.05) is 30.3 Å². The largest absolute Gasteiger partial charge is 0.497 e. The number of fused-ring (bicyclic) bond motifs is 3. The highest BCUT2D eigenvalue weighted by molar-refractivity contribution is 7.19. The van der Waals surface area contributed by atoms with E-state index in [4.69, 9.17) is 4.74 Å². The topological polar surface area (TPSA) is 77.6 Å². The molecule has 1 amide bonds. The Kier molecular flexibility index (Phi) is 4.87. The first kappa shape index (κ1) is 18.2. The Bertz CT molecular complexity index is 1220. The third-order valence-corrected chi connectivity index (χ3v) is 5.82. The van der Waals surface area contributed by atoms with Crippen LogP contribution in [0.3, 0.4) is 0 Å². The molecule has 0 spiro atoms. The number of rotatable bonds is 6. The van der Waals surface area contributed by atoms with E-state index in [9.17, 15) is 9.59 Å². The normalized spacial score (nSPS) is 11.2. The predicted molar refractivity (Wildman–Crippen MR) is 109 cm³/mol. The summed E-state index contributed by atoms with van der Waals surface area (Å²) >= 11 is 1.67. The molecular weight excluding hydrogens is 376 g/mol. The smallest absolute Gasteiger partial charge is 0.291 e. The van der Waals surface area contributed by atoms with Gasteiger partial charge in [0, 0.05) is 11.4 Å². The number of ether oxygens (including phenoxy) is 1. The Balaban J connectivity index is 1.51. The number of thiophene rings is 1. The fourth-order valence-corrected chi connectivity index (χ4v) is 4.14. The number of hydrogen-bond acceptors (Lipinski definition) is 5. The van der Waals surface area contributed by atoms with Gasteiger partial charge in [-0.3, -0.25) is 14.0 Å². The number of carbonyl (C=O) groups excluding carboxylic acids is 1. The molecule has 28 heavy (non-hydrogen) atoms. The highest BCUT2D eigenvalue weighted by Gasteiger charge is 2.13. The summed E-state index contributed by atoms with van der Waals surface area (Å²) in [5, 5.41) is 6.99. The molecule has 3 aromatic heterocycles. The van der Waals surface area contributed by atoms with Gasteiger partial charge in [-0.05, 0) is 36.2 Å². The molecular formula is C20H20N4O3S. The molecule has 7 nitrogen and oxygen atoms in total. The van der Waals surface area contributed by atoms with Crippen molar-refractivity contribution in [3.8, 4) is 5.75 Å². The van der Waals surface area contributed by atoms with Gasteiger partial charge in [-0.25, -0.2) is 4.68 Å². The van der Waals surface area contributed by atoms with Crippen molar-refractivity contribution >= 4 is 33.0 Å². The van der Waals surface area contributed by atoms with Crippen LogP contribution in [-0.2, 0) is 24.3 Å². The molecule has 0 aliphatic heterocycles. The van der Waals surface area contributed by atoms with Gasteiger partial charge < -0.3 is 10.1 Å². The van der Waals surface area contributed by atoms with Crippen LogP contribution in [0, 0.1) is 0 Å². The van der Waals surface area contributed by atoms with Crippen LogP contribution in [0.5, 0.6) is 5.75 Å². The fraction of sp³-hybridized carbons (Fsp3) is 0.250. The van der Waals surface area contributed by atoms with Gasteiger partial charge in [0.2, 0.25) is 5.91 Å². The highest BCUT2D eigenvalue weighted by Crippen LogP contribution is 2.28. The molecule has 0 radical (unpaired) electrons. The summed E-state index contributed by atoms with van der Waals surface area (Å²) < 4.78 is 9.21. The van der Waals surface area contributed by atoms with Gasteiger partial charge in [0.1, 0.15) is 24.1 Å². The summed E-state index contributed by atoms with van der Waals surface area (Å²) in [6.07, 6.45) is 2.56. The number of hydrogen-bond donors (Lipinski definition) is 1. The van der Waals surface area contributed by atoms with Gasteiger partial charge in [-0.1, -0.05) is 19.1 Å². The van der Waals surface area contributed by atoms with E-state index in [0.717, 1.165) is 28.0 Å². The summed E-state index contributed by atoms with van der Waals surface area (Å²) in [4.78, 5) is 26.3. The second kappa shape index (κ2) is 7.47. The van der Waals surface area contributed by atoms with E-state index < -0.39 is 0 Å². The van der Waals surface area contributed by atoms with Crippen LogP contribution in [0.2, 0.25) is 0 Å². The number of aromatic nitrogens is 3. The molecule has 0 unspecified atom stereocenters. The summed E-state index contributed by atoms with van der Waals surface area (Å²) in [6.45, 7) is 2.33. The van der Waals surface area contributed by atoms with Gasteiger partial charge in [0.25, 0.3) is 5.56 Å². The van der Waals surface area contributed by atoms with Gasteiger partial charge in [0.15, 0.2) is 0 Å². The number of nitrogens with zero attached hydrogens (tertiary/aromatic N) is 3. The lowest BCUT2D eigenvalue weighted by Crippen LogP contribution is -2.33. The first-order valence-corrected chi connectivity index (χ1v) is 9.80. The maximum Gasteiger partial charge on any atom is 0.291 e. The summed E-state index contributed by atoms with van der Waals surface area (Å²) in [5.41, 5.74) is 2.15. The van der Waals surface area contributed by atoms with Crippen LogP contribution in [0.1, 0.15) is 17.4 Å². The van der Waals surface area contributed by atoms with Crippen molar-refractivity contribution in [2.24, 2.45) is 0 Å². The molecule has 1 aromatic carbocycles. The Morgan fingerprint density at radius 3 is 2.89 bits per heavy atom. The highest BCUT2D eigenvalue weighted by atomic mass is 32.1. The Labute approximate surface area is 165 Å². The standard InChI is InChI=1S/C20H20N4O3S/c1-3-15-8-16-18(28-15)9-17-20(26)24(22-12-23(16)17)11-19(25)21-10-13-5-4-6-14(7-13)27-2/h4-9,12H,3,10-11H2,1-2H3,(H,21,25). The third kappa shape index (κ3) is 3.38. The van der Waals surface area contributed by atoms with Crippen molar-refractivity contribution in [1.29, 1.82) is 0 Å². The average molecular weight is 396 g/mol. The second-order valence-corrected chi connectivity index (χ2v) is 7.61. The molecule has 0 aliphatic carbocycles. The van der Waals surface area contributed by atoms with Crippen molar-refractivity contribution in [3.05, 3.63) is 63.5 Å². The van der Waals surface area contributed by atoms with Crippen LogP contribution in [-0.4, -0.2) is 27.2 Å². The number of benzene rings is 1. The molecule has 4 aromatic rings. The van der Waals surface area contributed by atoms with Gasteiger partial charge in [-0.15, -0.1) is 11.3 Å². The van der Waals surface area contributed by atoms with Crippen molar-refractivity contribution in [1.82, 2.24) is 19.5 Å². The minimum absolute atomic E-state index is 0.127. The molecule has 1 N–H and O–H groups in total. The zero-order chi connectivity index (χ0) is 19.7. The molecule has 144 valence electrons. The Hall–Kier alpha value is -3.13. The van der Waals surface area contributed by atoms with E-state index in [1.165, 1.54) is 9.56 Å². The number of methoxy groups -OCH3 is 1. The molecule has 0 atom stereocenters. The number of nitrogens with one attached hydrogen (secondary N) is 1. The number of aryl methyl sites for hydroxylation is 1. The minimum Gasteiger partial charge on any atom is -0.497 e. The van der Waals surface area contributed by atoms with E-state index >= 15 is 0 Å². The predicted octanol–water partition coefficient (Wildman–Crippen LogP) is 2.60. The third-order valence-electron chi connectivity index (χ3n) is 4.60. The quantitative estimate of drug-likeness (QED) is 0.543. The van der Waals surface area contributed by atoms with E-state index in [-0.39, 0.29) is 18.0 Å². The van der Waals surface area contributed by atoms with Crippen LogP contribution >= 0.6 is 11.3 Å². The lowest BCUT2D eigenvalue weighted by Gasteiger charge is -2.08. The van der Waals surface area contributed by atoms with Gasteiger partial charge >= 0.3 is 0 Å². The molecule has 8 heteroatoms. The van der Waals surface area contributed by atoms with Gasteiger partial charge in [-0.2, -0.15) is 5.10 Å². The molecule has 0 aliphatic rings. The second-order valence-electron chi connectivity index (χ2n) is 6.44. The zero-order valence-electron chi connectivity index (χ0n) is 15.6. The molecule has 0 bridgehead atoms. The lowest BCUT2D eigenvalue weighted by molar-refractivity contribution is -0.122. The van der Waals surface area contributed by atoms with Crippen molar-refractivity contribution < 1.29 is 9.53 Å². The van der Waals surface area contributed by atoms with Crippen LogP contribution in [0.4, 0.5) is 0 Å². The first-order chi connectivity index (χ1) is 13.6. The van der Waals surface area contributed by atoms with E-state index in [2.05, 4.69) is 23.4 Å². The van der Waals surface area contributed by atoms with Crippen LogP contribution in [0.15, 0.2) is 47.5 Å². The first-order valence-electron chi connectivity index (χ1n) is 8.98. The molecule has 4 rings (SSSR count). The van der Waals surface area contributed by atoms with Crippen LogP contribution in [0.25, 0.3) is 15.7 Å². The fourth-order valence-electron chi connectivity index (χ4n) is 3.11. The monoisotopic (exact) mass is 396 g/mol. The SMILES string of the molecule is CCc1cc2c(cc3c(=O)n(CC(=O)NCc4cccc(OC)c4)ncn32)s1. The van der Waals surface area contributed by atoms with E-state index in [1.54, 1.807) is 29.2 Å². The number of amides is 1. The van der Waals surface area contributed by atoms with Gasteiger partial charge in [0.05, 0.1) is 17.3 Å². The summed E-state index contributed by atoms with van der Waals surface area (Å²) in [5.74, 6) is 0.456. The molecule has 0 saturated carbocycles. The maximum atomic E-state index is 12.7. The van der Waals surface area contributed by atoms with Crippen molar-refractivity contribution in [2.45, 2.75) is 26.4 Å². The van der Waals surface area contributed by atoms with E-state index in [0.29, 0.717) is 12.1 Å². The maximum absolute atomic E-state index is 12.7. The van der Waals surface area contributed by atoms with Crippen molar-refractivity contribution in [2.75, 3.05) is 7.11 Å². The summed E-state index contributed by atoms with van der Waals surface area (Å²) in [6, 6.07) is 11.4. The molecule has 0 saturated heterocycles. The average Bonchev–Trinajstić information content (AvgIpc) is 3.27. The molecule has 0 fully saturated rings. The Morgan fingerprint density at radius 1 is 1.25 bits per heavy atom. The molecule has 3 heterocycles. The summed E-state index contributed by atoms with van der Waals surface area (Å²) in [7, 11) is 1.60. The minimum atomic E-state index is -0.277. The number of carbonyl (C=O) groups is 1. The zero-order valence-corrected chi connectivity index (χ0v) is 16.5.